The summed E-state index contributed by atoms with van der Waals surface area (Å²) < 4.78 is 13.3. The minimum absolute atomic E-state index is 0. The van der Waals surface area contributed by atoms with E-state index in [-0.39, 0.29) is 29.5 Å². The average molecular weight is 313 g/mol. The van der Waals surface area contributed by atoms with E-state index in [1.54, 1.807) is 12.1 Å². The van der Waals surface area contributed by atoms with E-state index in [2.05, 4.69) is 5.32 Å². The number of carbonyl (C=O) groups is 1. The molecule has 5 heteroatoms. The molecular formula is C16H22ClFN2O. The van der Waals surface area contributed by atoms with Gasteiger partial charge >= 0.3 is 0 Å². The Morgan fingerprint density at radius 3 is 2.48 bits per heavy atom. The van der Waals surface area contributed by atoms with Crippen LogP contribution in [0.15, 0.2) is 24.3 Å². The molecule has 2 aliphatic carbocycles. The maximum atomic E-state index is 13.3. The molecule has 0 saturated heterocycles. The van der Waals surface area contributed by atoms with E-state index in [0.29, 0.717) is 6.54 Å². The summed E-state index contributed by atoms with van der Waals surface area (Å²) in [6.07, 6.45) is 5.58. The monoisotopic (exact) mass is 312 g/mol. The van der Waals surface area contributed by atoms with Crippen molar-refractivity contribution in [2.75, 3.05) is 6.54 Å². The molecule has 21 heavy (non-hydrogen) atoms. The van der Waals surface area contributed by atoms with Gasteiger partial charge in [0.1, 0.15) is 5.82 Å². The van der Waals surface area contributed by atoms with E-state index in [1.165, 1.54) is 6.07 Å². The summed E-state index contributed by atoms with van der Waals surface area (Å²) in [7, 11) is 0. The summed E-state index contributed by atoms with van der Waals surface area (Å²) >= 11 is 0. The Labute approximate surface area is 130 Å². The predicted octanol–water partition coefficient (Wildman–Crippen LogP) is 2.67. The number of amides is 1. The van der Waals surface area contributed by atoms with Crippen molar-refractivity contribution in [1.29, 1.82) is 0 Å². The van der Waals surface area contributed by atoms with E-state index in [9.17, 15) is 9.18 Å². The smallest absolute Gasteiger partial charge is 0.240 e. The Hall–Kier alpha value is -1.13. The average Bonchev–Trinajstić information content (AvgIpc) is 3.11. The Balaban J connectivity index is 0.00000161. The van der Waals surface area contributed by atoms with Crippen LogP contribution in [0.4, 0.5) is 4.39 Å². The van der Waals surface area contributed by atoms with Gasteiger partial charge in [0.25, 0.3) is 0 Å². The lowest BCUT2D eigenvalue weighted by molar-refractivity contribution is -0.126. The first-order valence-corrected chi connectivity index (χ1v) is 7.37. The molecule has 3 rings (SSSR count). The van der Waals surface area contributed by atoms with Gasteiger partial charge in [-0.25, -0.2) is 4.39 Å². The maximum Gasteiger partial charge on any atom is 0.240 e. The van der Waals surface area contributed by atoms with E-state index >= 15 is 0 Å². The molecule has 0 bridgehead atoms. The molecule has 0 spiro atoms. The molecule has 1 aromatic carbocycles. The Bertz CT molecular complexity index is 525. The Morgan fingerprint density at radius 2 is 1.90 bits per heavy atom. The molecule has 2 aliphatic rings. The van der Waals surface area contributed by atoms with Crippen molar-refractivity contribution in [3.05, 3.63) is 35.6 Å². The minimum atomic E-state index is -0.683. The Morgan fingerprint density at radius 1 is 1.24 bits per heavy atom. The fourth-order valence-electron chi connectivity index (χ4n) is 3.20. The van der Waals surface area contributed by atoms with E-state index in [1.807, 2.05) is 6.07 Å². The van der Waals surface area contributed by atoms with Crippen molar-refractivity contribution in [3.63, 3.8) is 0 Å². The van der Waals surface area contributed by atoms with Crippen LogP contribution in [0.3, 0.4) is 0 Å². The second-order valence-corrected chi connectivity index (χ2v) is 6.34. The molecule has 0 radical (unpaired) electrons. The van der Waals surface area contributed by atoms with Crippen LogP contribution in [-0.2, 0) is 10.2 Å². The van der Waals surface area contributed by atoms with Gasteiger partial charge in [-0.1, -0.05) is 25.0 Å². The predicted molar refractivity (Wildman–Crippen MR) is 83.0 cm³/mol. The highest BCUT2D eigenvalue weighted by atomic mass is 35.5. The molecule has 3 nitrogen and oxygen atoms in total. The van der Waals surface area contributed by atoms with Crippen molar-refractivity contribution in [3.8, 4) is 0 Å². The largest absolute Gasteiger partial charge is 0.354 e. The number of nitrogens with two attached hydrogens (primary N) is 1. The van der Waals surface area contributed by atoms with Crippen LogP contribution >= 0.6 is 12.4 Å². The van der Waals surface area contributed by atoms with Crippen LogP contribution in [0.1, 0.15) is 44.1 Å². The number of rotatable bonds is 4. The number of halogens is 2. The van der Waals surface area contributed by atoms with Gasteiger partial charge in [-0.15, -0.1) is 12.4 Å². The van der Waals surface area contributed by atoms with Gasteiger partial charge in [0.05, 0.1) is 5.54 Å². The summed E-state index contributed by atoms with van der Waals surface area (Å²) in [4.78, 5) is 12.2. The van der Waals surface area contributed by atoms with Crippen LogP contribution in [0.2, 0.25) is 0 Å². The highest BCUT2D eigenvalue weighted by molar-refractivity contribution is 5.86. The lowest BCUT2D eigenvalue weighted by Crippen LogP contribution is -2.53. The van der Waals surface area contributed by atoms with Crippen molar-refractivity contribution in [2.24, 2.45) is 5.73 Å². The van der Waals surface area contributed by atoms with Crippen LogP contribution in [0, 0.1) is 5.82 Å². The zero-order valence-corrected chi connectivity index (χ0v) is 12.8. The molecule has 0 atom stereocenters. The molecule has 3 N–H and O–H groups in total. The zero-order valence-electron chi connectivity index (χ0n) is 12.0. The molecule has 1 amide bonds. The van der Waals surface area contributed by atoms with Crippen molar-refractivity contribution < 1.29 is 9.18 Å². The first-order chi connectivity index (χ1) is 9.54. The molecule has 0 unspecified atom stereocenters. The van der Waals surface area contributed by atoms with Crippen molar-refractivity contribution in [2.45, 2.75) is 49.5 Å². The van der Waals surface area contributed by atoms with Gasteiger partial charge in [0.2, 0.25) is 5.91 Å². The first-order valence-electron chi connectivity index (χ1n) is 7.37. The first kappa shape index (κ1) is 16.2. The maximum absolute atomic E-state index is 13.3. The van der Waals surface area contributed by atoms with Gasteiger partial charge < -0.3 is 11.1 Å². The highest BCUT2D eigenvalue weighted by Gasteiger charge is 2.46. The molecule has 0 heterocycles. The van der Waals surface area contributed by atoms with Crippen LogP contribution < -0.4 is 11.1 Å². The summed E-state index contributed by atoms with van der Waals surface area (Å²) in [5, 5.41) is 3.00. The molecular weight excluding hydrogens is 291 g/mol. The fourth-order valence-corrected chi connectivity index (χ4v) is 3.20. The standard InChI is InChI=1S/C16H21FN2O.ClH/c17-13-5-3-4-12(10-13)15(8-9-15)11-19-14(20)16(18)6-1-2-7-16;/h3-5,10H,1-2,6-9,11,18H2,(H,19,20);1H. The number of benzene rings is 1. The normalized spacial score (nSPS) is 21.4. The molecule has 116 valence electrons. The molecule has 1 aromatic rings. The SMILES string of the molecule is Cl.NC1(C(=O)NCC2(c3cccc(F)c3)CC2)CCCC1. The molecule has 2 saturated carbocycles. The van der Waals surface area contributed by atoms with Crippen LogP contribution in [-0.4, -0.2) is 18.0 Å². The van der Waals surface area contributed by atoms with Crippen molar-refractivity contribution in [1.82, 2.24) is 5.32 Å². The number of nitrogens with one attached hydrogen (secondary N) is 1. The third kappa shape index (κ3) is 3.22. The highest BCUT2D eigenvalue weighted by Crippen LogP contribution is 2.47. The third-order valence-corrected chi connectivity index (χ3v) is 4.83. The Kier molecular flexibility index (Phi) is 4.59. The lowest BCUT2D eigenvalue weighted by atomic mass is 9.94. The molecule has 0 aliphatic heterocycles. The second-order valence-electron chi connectivity index (χ2n) is 6.34. The molecule has 2 fully saturated rings. The summed E-state index contributed by atoms with van der Waals surface area (Å²) in [5.74, 6) is -0.260. The van der Waals surface area contributed by atoms with Gasteiger partial charge in [-0.3, -0.25) is 4.79 Å². The van der Waals surface area contributed by atoms with Crippen molar-refractivity contribution >= 4 is 18.3 Å². The molecule has 0 aromatic heterocycles. The summed E-state index contributed by atoms with van der Waals surface area (Å²) in [5.41, 5.74) is 6.37. The van der Waals surface area contributed by atoms with Gasteiger partial charge in [0.15, 0.2) is 0 Å². The number of carbonyl (C=O) groups excluding carboxylic acids is 1. The number of hydrogen-bond acceptors (Lipinski definition) is 2. The van der Waals surface area contributed by atoms with Crippen LogP contribution in [0.5, 0.6) is 0 Å². The zero-order chi connectivity index (χ0) is 14.2. The van der Waals surface area contributed by atoms with E-state index in [4.69, 9.17) is 5.73 Å². The van der Waals surface area contributed by atoms with Gasteiger partial charge in [0, 0.05) is 12.0 Å². The number of hydrogen-bond donors (Lipinski definition) is 2. The topological polar surface area (TPSA) is 55.1 Å². The quantitative estimate of drug-likeness (QED) is 0.898. The van der Waals surface area contributed by atoms with Gasteiger partial charge in [-0.2, -0.15) is 0 Å². The third-order valence-electron chi connectivity index (χ3n) is 4.83. The summed E-state index contributed by atoms with van der Waals surface area (Å²) in [6.45, 7) is 0.564. The van der Waals surface area contributed by atoms with E-state index < -0.39 is 5.54 Å². The minimum Gasteiger partial charge on any atom is -0.354 e. The summed E-state index contributed by atoms with van der Waals surface area (Å²) in [6, 6.07) is 6.70. The second kappa shape index (κ2) is 5.93. The van der Waals surface area contributed by atoms with Gasteiger partial charge in [-0.05, 0) is 43.4 Å². The fraction of sp³-hybridized carbons (Fsp3) is 0.562. The lowest BCUT2D eigenvalue weighted by Gasteiger charge is -2.24. The van der Waals surface area contributed by atoms with E-state index in [0.717, 1.165) is 44.1 Å². The van der Waals surface area contributed by atoms with Crippen LogP contribution in [0.25, 0.3) is 0 Å².